The Morgan fingerprint density at radius 2 is 1.73 bits per heavy atom. The highest BCUT2D eigenvalue weighted by molar-refractivity contribution is 6.05. The number of benzene rings is 2. The van der Waals surface area contributed by atoms with E-state index in [2.05, 4.69) is 10.6 Å². The van der Waals surface area contributed by atoms with Gasteiger partial charge in [-0.05, 0) is 47.7 Å². The normalized spacial score (nSPS) is 13.6. The Labute approximate surface area is 193 Å². The van der Waals surface area contributed by atoms with Crippen LogP contribution in [-0.2, 0) is 19.1 Å². The molecule has 1 unspecified atom stereocenters. The monoisotopic (exact) mass is 450 g/mol. The average molecular weight is 451 g/mol. The summed E-state index contributed by atoms with van der Waals surface area (Å²) in [4.78, 5) is 48.0. The third kappa shape index (κ3) is 5.66. The van der Waals surface area contributed by atoms with E-state index in [9.17, 15) is 19.2 Å². The molecule has 0 radical (unpaired) electrons. The van der Waals surface area contributed by atoms with Crippen LogP contribution in [-0.4, -0.2) is 36.7 Å². The fourth-order valence-electron chi connectivity index (χ4n) is 4.21. The van der Waals surface area contributed by atoms with Crippen LogP contribution in [0.3, 0.4) is 0 Å². The lowest BCUT2D eigenvalue weighted by Gasteiger charge is -2.14. The molecule has 0 aromatic heterocycles. The average Bonchev–Trinajstić information content (AvgIpc) is 3.10. The minimum absolute atomic E-state index is 0.0513. The lowest BCUT2D eigenvalue weighted by molar-refractivity contribution is -0.141. The first-order valence-electron chi connectivity index (χ1n) is 11.4. The van der Waals surface area contributed by atoms with Gasteiger partial charge in [-0.2, -0.15) is 0 Å². The fraction of sp³-hybridized carbons (Fsp3) is 0.385. The summed E-state index contributed by atoms with van der Waals surface area (Å²) in [5.74, 6) is -0.782. The maximum atomic E-state index is 12.6. The zero-order valence-corrected chi connectivity index (χ0v) is 19.3. The van der Waals surface area contributed by atoms with E-state index in [1.165, 1.54) is 6.92 Å². The van der Waals surface area contributed by atoms with Gasteiger partial charge >= 0.3 is 5.97 Å². The Morgan fingerprint density at radius 1 is 0.970 bits per heavy atom. The summed E-state index contributed by atoms with van der Waals surface area (Å²) in [7, 11) is 0. The minimum Gasteiger partial charge on any atom is -0.465 e. The topological polar surface area (TPSA) is 102 Å². The maximum absolute atomic E-state index is 12.6. The molecule has 2 aromatic rings. The molecule has 2 N–H and O–H groups in total. The molecule has 1 atom stereocenters. The zero-order chi connectivity index (χ0) is 24.0. The van der Waals surface area contributed by atoms with Gasteiger partial charge in [0.25, 0.3) is 0 Å². The lowest BCUT2D eigenvalue weighted by Crippen LogP contribution is -2.22. The number of nitrogens with one attached hydrogen (secondary N) is 2. The van der Waals surface area contributed by atoms with Gasteiger partial charge < -0.3 is 15.4 Å². The fourth-order valence-corrected chi connectivity index (χ4v) is 4.21. The number of esters is 1. The number of carbonyl (C=O) groups excluding carboxylic acids is 4. The Bertz CT molecular complexity index is 1080. The van der Waals surface area contributed by atoms with E-state index in [4.69, 9.17) is 4.74 Å². The molecule has 0 bridgehead atoms. The molecule has 0 fully saturated rings. The molecule has 174 valence electrons. The summed E-state index contributed by atoms with van der Waals surface area (Å²) in [6.45, 7) is 5.78. The van der Waals surface area contributed by atoms with Crippen LogP contribution >= 0.6 is 0 Å². The van der Waals surface area contributed by atoms with Crippen molar-refractivity contribution in [1.29, 1.82) is 0 Å². The Hall–Kier alpha value is -3.48. The molecule has 3 rings (SSSR count). The van der Waals surface area contributed by atoms with E-state index in [-0.39, 0.29) is 42.5 Å². The summed E-state index contributed by atoms with van der Waals surface area (Å²) in [6.07, 6.45) is 1.40. The predicted molar refractivity (Wildman–Crippen MR) is 126 cm³/mol. The highest BCUT2D eigenvalue weighted by Crippen LogP contribution is 2.47. The summed E-state index contributed by atoms with van der Waals surface area (Å²) in [5.41, 5.74) is 4.91. The minimum atomic E-state index is -0.373. The molecule has 7 heteroatoms. The maximum Gasteiger partial charge on any atom is 0.302 e. The number of ketones is 1. The van der Waals surface area contributed by atoms with Crippen LogP contribution in [0.4, 0.5) is 5.69 Å². The van der Waals surface area contributed by atoms with Crippen molar-refractivity contribution >= 4 is 29.3 Å². The van der Waals surface area contributed by atoms with Crippen molar-refractivity contribution in [2.45, 2.75) is 52.4 Å². The van der Waals surface area contributed by atoms with Crippen LogP contribution < -0.4 is 10.6 Å². The quantitative estimate of drug-likeness (QED) is 0.417. The van der Waals surface area contributed by atoms with Crippen LogP contribution in [0.15, 0.2) is 36.4 Å². The highest BCUT2D eigenvalue weighted by Gasteiger charge is 2.32. The molecule has 2 amide bonds. The molecular formula is C26H30N2O5. The van der Waals surface area contributed by atoms with Gasteiger partial charge in [-0.3, -0.25) is 19.2 Å². The van der Waals surface area contributed by atoms with Crippen LogP contribution in [0.25, 0.3) is 11.1 Å². The molecular weight excluding hydrogens is 420 g/mol. The van der Waals surface area contributed by atoms with E-state index >= 15 is 0 Å². The number of fused-ring (bicyclic) bond motifs is 3. The van der Waals surface area contributed by atoms with Crippen molar-refractivity contribution in [2.75, 3.05) is 18.5 Å². The number of ether oxygens (including phenoxy) is 1. The Kier molecular flexibility index (Phi) is 7.98. The molecule has 33 heavy (non-hydrogen) atoms. The number of hydrogen-bond donors (Lipinski definition) is 2. The molecule has 2 aromatic carbocycles. The van der Waals surface area contributed by atoms with Gasteiger partial charge in [0.2, 0.25) is 11.8 Å². The number of rotatable bonds is 10. The second-order valence-electron chi connectivity index (χ2n) is 8.06. The van der Waals surface area contributed by atoms with Crippen molar-refractivity contribution in [1.82, 2.24) is 5.32 Å². The third-order valence-corrected chi connectivity index (χ3v) is 5.71. The van der Waals surface area contributed by atoms with E-state index in [1.807, 2.05) is 50.2 Å². The molecule has 1 aliphatic rings. The largest absolute Gasteiger partial charge is 0.465 e. The van der Waals surface area contributed by atoms with Crippen molar-refractivity contribution in [3.63, 3.8) is 0 Å². The van der Waals surface area contributed by atoms with Crippen LogP contribution in [0.5, 0.6) is 0 Å². The van der Waals surface area contributed by atoms with Crippen LogP contribution in [0.2, 0.25) is 0 Å². The molecule has 1 aliphatic carbocycles. The number of anilines is 1. The van der Waals surface area contributed by atoms with Gasteiger partial charge in [-0.1, -0.05) is 31.2 Å². The summed E-state index contributed by atoms with van der Waals surface area (Å²) in [6, 6.07) is 11.2. The highest BCUT2D eigenvalue weighted by atomic mass is 16.5. The zero-order valence-electron chi connectivity index (χ0n) is 19.3. The first-order chi connectivity index (χ1) is 15.8. The molecule has 7 nitrogen and oxygen atoms in total. The molecule has 0 aliphatic heterocycles. The van der Waals surface area contributed by atoms with Gasteiger partial charge in [-0.15, -0.1) is 0 Å². The third-order valence-electron chi connectivity index (χ3n) is 5.71. The summed E-state index contributed by atoms with van der Waals surface area (Å²) < 4.78 is 5.33. The second-order valence-corrected chi connectivity index (χ2v) is 8.06. The molecule has 0 saturated heterocycles. The summed E-state index contributed by atoms with van der Waals surface area (Å²) in [5, 5.41) is 5.61. The first kappa shape index (κ1) is 24.2. The van der Waals surface area contributed by atoms with Gasteiger partial charge in [0.1, 0.15) is 6.61 Å². The van der Waals surface area contributed by atoms with E-state index < -0.39 is 0 Å². The van der Waals surface area contributed by atoms with Gasteiger partial charge in [0.05, 0.1) is 0 Å². The SMILES string of the molecule is CCNC(=O)CCCC(=O)Nc1ccc2c(c1)C(COC(C)=O)c1cccc(C(=O)CC)c1-2. The lowest BCUT2D eigenvalue weighted by atomic mass is 9.94. The molecule has 0 spiro atoms. The van der Waals surface area contributed by atoms with Gasteiger partial charge in [0, 0.05) is 49.9 Å². The Morgan fingerprint density at radius 3 is 2.42 bits per heavy atom. The molecule has 0 saturated carbocycles. The van der Waals surface area contributed by atoms with Crippen LogP contribution in [0, 0.1) is 0 Å². The van der Waals surface area contributed by atoms with Gasteiger partial charge in [-0.25, -0.2) is 0 Å². The standard InChI is InChI=1S/C26H30N2O5/c1-4-23(30)20-9-6-8-18-22(15-33-16(3)29)21-14-17(12-13-19(21)26(18)20)28-25(32)11-7-10-24(31)27-5-2/h6,8-9,12-14,22H,4-5,7,10-11,15H2,1-3H3,(H,27,31)(H,28,32). The predicted octanol–water partition coefficient (Wildman–Crippen LogP) is 4.20. The number of carbonyl (C=O) groups is 4. The van der Waals surface area contributed by atoms with Crippen molar-refractivity contribution in [3.05, 3.63) is 53.1 Å². The summed E-state index contributed by atoms with van der Waals surface area (Å²) >= 11 is 0. The van der Waals surface area contributed by atoms with Gasteiger partial charge in [0.15, 0.2) is 5.78 Å². The van der Waals surface area contributed by atoms with Crippen LogP contribution in [0.1, 0.15) is 73.9 Å². The van der Waals surface area contributed by atoms with Crippen molar-refractivity contribution in [3.8, 4) is 11.1 Å². The van der Waals surface area contributed by atoms with E-state index in [0.717, 1.165) is 22.3 Å². The Balaban J connectivity index is 1.84. The smallest absolute Gasteiger partial charge is 0.302 e. The van der Waals surface area contributed by atoms with E-state index in [0.29, 0.717) is 37.1 Å². The van der Waals surface area contributed by atoms with Crippen molar-refractivity contribution in [2.24, 2.45) is 0 Å². The first-order valence-corrected chi connectivity index (χ1v) is 11.4. The van der Waals surface area contributed by atoms with Crippen molar-refractivity contribution < 1.29 is 23.9 Å². The number of Topliss-reactive ketones (excluding diaryl/α,β-unsaturated/α-hetero) is 1. The molecule has 0 heterocycles. The second kappa shape index (κ2) is 10.9. The van der Waals surface area contributed by atoms with E-state index in [1.54, 1.807) is 0 Å². The number of hydrogen-bond acceptors (Lipinski definition) is 5. The number of amides is 2.